The van der Waals surface area contributed by atoms with E-state index in [4.69, 9.17) is 14.6 Å². The number of aliphatic hydroxyl groups is 1. The second-order valence-electron chi connectivity index (χ2n) is 5.55. The highest BCUT2D eigenvalue weighted by molar-refractivity contribution is 5.43. The van der Waals surface area contributed by atoms with Crippen molar-refractivity contribution in [1.29, 1.82) is 0 Å². The SMILES string of the molecule is CCOc1cc(CNCCN2CCNCC2)ccc1OCCO. The number of piperazine rings is 1. The van der Waals surface area contributed by atoms with E-state index in [1.165, 1.54) is 5.56 Å². The number of ether oxygens (including phenoxy) is 2. The summed E-state index contributed by atoms with van der Waals surface area (Å²) < 4.78 is 11.1. The highest BCUT2D eigenvalue weighted by Gasteiger charge is 2.09. The van der Waals surface area contributed by atoms with Crippen LogP contribution in [0.25, 0.3) is 0 Å². The van der Waals surface area contributed by atoms with E-state index in [9.17, 15) is 0 Å². The molecule has 0 bridgehead atoms. The highest BCUT2D eigenvalue weighted by atomic mass is 16.5. The maximum absolute atomic E-state index is 8.87. The van der Waals surface area contributed by atoms with Crippen molar-refractivity contribution in [1.82, 2.24) is 15.5 Å². The monoisotopic (exact) mass is 323 g/mol. The van der Waals surface area contributed by atoms with E-state index in [0.717, 1.165) is 51.6 Å². The average molecular weight is 323 g/mol. The van der Waals surface area contributed by atoms with E-state index >= 15 is 0 Å². The van der Waals surface area contributed by atoms with Crippen LogP contribution in [0.1, 0.15) is 12.5 Å². The summed E-state index contributed by atoms with van der Waals surface area (Å²) in [6.07, 6.45) is 0. The van der Waals surface area contributed by atoms with Gasteiger partial charge >= 0.3 is 0 Å². The summed E-state index contributed by atoms with van der Waals surface area (Å²) in [5.41, 5.74) is 1.17. The molecule has 0 amide bonds. The van der Waals surface area contributed by atoms with Crippen molar-refractivity contribution in [2.45, 2.75) is 13.5 Å². The predicted octanol–water partition coefficient (Wildman–Crippen LogP) is 0.451. The van der Waals surface area contributed by atoms with Crippen molar-refractivity contribution in [2.75, 3.05) is 59.1 Å². The number of aliphatic hydroxyl groups excluding tert-OH is 1. The number of rotatable bonds is 10. The van der Waals surface area contributed by atoms with Gasteiger partial charge in [-0.15, -0.1) is 0 Å². The number of benzene rings is 1. The molecular weight excluding hydrogens is 294 g/mol. The van der Waals surface area contributed by atoms with Crippen LogP contribution in [-0.2, 0) is 6.54 Å². The van der Waals surface area contributed by atoms with Crippen molar-refractivity contribution < 1.29 is 14.6 Å². The van der Waals surface area contributed by atoms with Crippen molar-refractivity contribution in [3.05, 3.63) is 23.8 Å². The lowest BCUT2D eigenvalue weighted by molar-refractivity contribution is 0.194. The minimum absolute atomic E-state index is 0.000885. The summed E-state index contributed by atoms with van der Waals surface area (Å²) in [5, 5.41) is 15.7. The van der Waals surface area contributed by atoms with Gasteiger partial charge in [0.05, 0.1) is 13.2 Å². The molecule has 0 unspecified atom stereocenters. The van der Waals surface area contributed by atoms with Crippen molar-refractivity contribution >= 4 is 0 Å². The molecule has 1 aliphatic heterocycles. The molecule has 1 aromatic carbocycles. The first-order valence-corrected chi connectivity index (χ1v) is 8.46. The number of hydrogen-bond donors (Lipinski definition) is 3. The molecule has 0 atom stereocenters. The Hall–Kier alpha value is -1.34. The molecule has 1 saturated heterocycles. The molecule has 2 rings (SSSR count). The quantitative estimate of drug-likeness (QED) is 0.544. The lowest BCUT2D eigenvalue weighted by Crippen LogP contribution is -2.45. The Balaban J connectivity index is 1.78. The third kappa shape index (κ3) is 6.35. The second-order valence-corrected chi connectivity index (χ2v) is 5.55. The smallest absolute Gasteiger partial charge is 0.161 e. The van der Waals surface area contributed by atoms with Crippen LogP contribution in [0.2, 0.25) is 0 Å². The zero-order valence-electron chi connectivity index (χ0n) is 14.0. The molecule has 0 saturated carbocycles. The Morgan fingerprint density at radius 1 is 1.22 bits per heavy atom. The molecule has 23 heavy (non-hydrogen) atoms. The zero-order valence-corrected chi connectivity index (χ0v) is 14.0. The largest absolute Gasteiger partial charge is 0.490 e. The van der Waals surface area contributed by atoms with Gasteiger partial charge in [0.2, 0.25) is 0 Å². The third-order valence-electron chi connectivity index (χ3n) is 3.80. The van der Waals surface area contributed by atoms with Gasteiger partial charge in [0.15, 0.2) is 11.5 Å². The van der Waals surface area contributed by atoms with E-state index < -0.39 is 0 Å². The lowest BCUT2D eigenvalue weighted by atomic mass is 10.2. The van der Waals surface area contributed by atoms with Crippen LogP contribution in [0.15, 0.2) is 18.2 Å². The molecule has 6 nitrogen and oxygen atoms in total. The van der Waals surface area contributed by atoms with Gasteiger partial charge in [0, 0.05) is 45.8 Å². The Kier molecular flexibility index (Phi) is 8.17. The van der Waals surface area contributed by atoms with Crippen LogP contribution in [0.5, 0.6) is 11.5 Å². The topological polar surface area (TPSA) is 66.0 Å². The van der Waals surface area contributed by atoms with Gasteiger partial charge in [0.25, 0.3) is 0 Å². The lowest BCUT2D eigenvalue weighted by Gasteiger charge is -2.27. The highest BCUT2D eigenvalue weighted by Crippen LogP contribution is 2.28. The summed E-state index contributed by atoms with van der Waals surface area (Å²) in [6.45, 7) is 10.1. The molecule has 0 spiro atoms. The molecule has 0 aliphatic carbocycles. The molecule has 1 aliphatic rings. The fraction of sp³-hybridized carbons (Fsp3) is 0.647. The van der Waals surface area contributed by atoms with E-state index in [0.29, 0.717) is 12.4 Å². The Morgan fingerprint density at radius 2 is 2.04 bits per heavy atom. The summed E-state index contributed by atoms with van der Waals surface area (Å²) in [5.74, 6) is 1.42. The molecule has 1 fully saturated rings. The molecule has 1 heterocycles. The van der Waals surface area contributed by atoms with Crippen LogP contribution in [-0.4, -0.2) is 69.1 Å². The Labute approximate surface area is 138 Å². The Bertz CT molecular complexity index is 451. The van der Waals surface area contributed by atoms with Crippen molar-refractivity contribution in [3.63, 3.8) is 0 Å². The van der Waals surface area contributed by atoms with E-state index in [1.54, 1.807) is 0 Å². The van der Waals surface area contributed by atoms with Gasteiger partial charge in [0.1, 0.15) is 6.61 Å². The van der Waals surface area contributed by atoms with E-state index in [2.05, 4.69) is 15.5 Å². The third-order valence-corrected chi connectivity index (χ3v) is 3.80. The second kappa shape index (κ2) is 10.4. The van der Waals surface area contributed by atoms with Gasteiger partial charge in [-0.05, 0) is 24.6 Å². The first-order valence-electron chi connectivity index (χ1n) is 8.46. The predicted molar refractivity (Wildman–Crippen MR) is 91.2 cm³/mol. The summed E-state index contributed by atoms with van der Waals surface area (Å²) >= 11 is 0. The molecule has 0 aromatic heterocycles. The van der Waals surface area contributed by atoms with Crippen LogP contribution in [0, 0.1) is 0 Å². The van der Waals surface area contributed by atoms with Crippen LogP contribution in [0.4, 0.5) is 0 Å². The van der Waals surface area contributed by atoms with Gasteiger partial charge in [-0.3, -0.25) is 4.90 Å². The minimum Gasteiger partial charge on any atom is -0.490 e. The zero-order chi connectivity index (χ0) is 16.3. The standard InChI is InChI=1S/C17H29N3O3/c1-2-22-17-13-15(3-4-16(17)23-12-11-21)14-19-7-10-20-8-5-18-6-9-20/h3-4,13,18-19,21H,2,5-12,14H2,1H3. The van der Waals surface area contributed by atoms with Gasteiger partial charge in [-0.25, -0.2) is 0 Å². The van der Waals surface area contributed by atoms with Crippen molar-refractivity contribution in [3.8, 4) is 11.5 Å². The molecule has 130 valence electrons. The Morgan fingerprint density at radius 3 is 2.78 bits per heavy atom. The van der Waals surface area contributed by atoms with Crippen LogP contribution in [0.3, 0.4) is 0 Å². The number of hydrogen-bond acceptors (Lipinski definition) is 6. The summed E-state index contributed by atoms with van der Waals surface area (Å²) in [4.78, 5) is 2.47. The first kappa shape index (κ1) is 18.0. The molecule has 6 heteroatoms. The molecule has 3 N–H and O–H groups in total. The van der Waals surface area contributed by atoms with Crippen LogP contribution < -0.4 is 20.1 Å². The van der Waals surface area contributed by atoms with Gasteiger partial charge < -0.3 is 25.2 Å². The minimum atomic E-state index is 0.000885. The molecule has 1 aromatic rings. The number of nitrogens with one attached hydrogen (secondary N) is 2. The maximum Gasteiger partial charge on any atom is 0.161 e. The summed E-state index contributed by atoms with van der Waals surface area (Å²) in [6, 6.07) is 5.95. The maximum atomic E-state index is 8.87. The molecular formula is C17H29N3O3. The average Bonchev–Trinajstić information content (AvgIpc) is 2.59. The fourth-order valence-electron chi connectivity index (χ4n) is 2.61. The fourth-order valence-corrected chi connectivity index (χ4v) is 2.61. The normalized spacial score (nSPS) is 15.6. The van der Waals surface area contributed by atoms with Gasteiger partial charge in [-0.2, -0.15) is 0 Å². The first-order chi connectivity index (χ1) is 11.3. The summed E-state index contributed by atoms with van der Waals surface area (Å²) in [7, 11) is 0. The van der Waals surface area contributed by atoms with E-state index in [1.807, 2.05) is 25.1 Å². The van der Waals surface area contributed by atoms with Crippen molar-refractivity contribution in [2.24, 2.45) is 0 Å². The van der Waals surface area contributed by atoms with E-state index in [-0.39, 0.29) is 13.2 Å². The molecule has 0 radical (unpaired) electrons. The number of nitrogens with zero attached hydrogens (tertiary/aromatic N) is 1. The van der Waals surface area contributed by atoms with Gasteiger partial charge in [-0.1, -0.05) is 6.07 Å². The van der Waals surface area contributed by atoms with Crippen LogP contribution >= 0.6 is 0 Å².